The number of anilines is 1. The van der Waals surface area contributed by atoms with Gasteiger partial charge in [0.05, 0.1) is 11.4 Å². The molecule has 4 nitrogen and oxygen atoms in total. The van der Waals surface area contributed by atoms with Crippen LogP contribution in [0.3, 0.4) is 0 Å². The van der Waals surface area contributed by atoms with Crippen LogP contribution in [-0.4, -0.2) is 15.2 Å². The van der Waals surface area contributed by atoms with Crippen LogP contribution in [-0.2, 0) is 5.41 Å². The molecule has 80 valence electrons. The second kappa shape index (κ2) is 2.31. The fourth-order valence-electron chi connectivity index (χ4n) is 3.39. The van der Waals surface area contributed by atoms with Crippen molar-refractivity contribution in [1.82, 2.24) is 15.2 Å². The molecule has 1 aromatic heterocycles. The molecule has 0 spiro atoms. The van der Waals surface area contributed by atoms with Crippen LogP contribution < -0.4 is 5.73 Å². The van der Waals surface area contributed by atoms with E-state index in [-0.39, 0.29) is 10.8 Å². The Labute approximate surface area is 89.3 Å². The normalized spacial score (nSPS) is 35.5. The van der Waals surface area contributed by atoms with E-state index < -0.39 is 0 Å². The number of nitrogens with two attached hydrogens (primary N) is 1. The first kappa shape index (κ1) is 9.07. The Bertz CT molecular complexity index is 440. The first-order valence-electron chi connectivity index (χ1n) is 5.47. The number of aromatic nitrogens is 3. The molecule has 2 atom stereocenters. The lowest BCUT2D eigenvalue weighted by Crippen LogP contribution is -2.32. The average molecular weight is 204 g/mol. The molecular formula is C11H16N4. The minimum Gasteiger partial charge on any atom is -0.366 e. The highest BCUT2D eigenvalue weighted by molar-refractivity contribution is 5.42. The third-order valence-electron chi connectivity index (χ3n) is 4.81. The van der Waals surface area contributed by atoms with Crippen molar-refractivity contribution in [3.63, 3.8) is 0 Å². The molecule has 1 aromatic rings. The van der Waals surface area contributed by atoms with Gasteiger partial charge in [0, 0.05) is 11.3 Å². The van der Waals surface area contributed by atoms with Gasteiger partial charge in [0.1, 0.15) is 0 Å². The van der Waals surface area contributed by atoms with E-state index in [2.05, 4.69) is 36.0 Å². The smallest absolute Gasteiger partial charge is 0.240 e. The van der Waals surface area contributed by atoms with Crippen molar-refractivity contribution < 1.29 is 0 Å². The van der Waals surface area contributed by atoms with Crippen molar-refractivity contribution in [3.8, 4) is 0 Å². The van der Waals surface area contributed by atoms with E-state index in [1.165, 1.54) is 12.8 Å². The van der Waals surface area contributed by atoms with E-state index in [0.29, 0.717) is 11.9 Å². The highest BCUT2D eigenvalue weighted by Crippen LogP contribution is 2.66. The first-order valence-corrected chi connectivity index (χ1v) is 5.47. The van der Waals surface area contributed by atoms with Gasteiger partial charge >= 0.3 is 0 Å². The predicted octanol–water partition coefficient (Wildman–Crippen LogP) is 1.63. The van der Waals surface area contributed by atoms with Crippen LogP contribution in [0.5, 0.6) is 0 Å². The van der Waals surface area contributed by atoms with Crippen LogP contribution in [0, 0.1) is 5.41 Å². The van der Waals surface area contributed by atoms with Crippen LogP contribution >= 0.6 is 0 Å². The molecule has 0 aliphatic heterocycles. The van der Waals surface area contributed by atoms with E-state index in [1.54, 1.807) is 0 Å². The van der Waals surface area contributed by atoms with Gasteiger partial charge in [0.2, 0.25) is 5.95 Å². The zero-order valence-electron chi connectivity index (χ0n) is 9.41. The maximum absolute atomic E-state index is 5.61. The highest BCUT2D eigenvalue weighted by Gasteiger charge is 2.61. The van der Waals surface area contributed by atoms with Gasteiger partial charge in [-0.05, 0) is 18.3 Å². The number of hydrogen-bond acceptors (Lipinski definition) is 4. The average Bonchev–Trinajstić information content (AvgIpc) is 2.47. The maximum Gasteiger partial charge on any atom is 0.240 e. The minimum atomic E-state index is 0.140. The Morgan fingerprint density at radius 1 is 1.27 bits per heavy atom. The third kappa shape index (κ3) is 0.817. The molecular weight excluding hydrogens is 188 g/mol. The maximum atomic E-state index is 5.61. The van der Waals surface area contributed by atoms with E-state index in [9.17, 15) is 0 Å². The van der Waals surface area contributed by atoms with Crippen LogP contribution in [0.25, 0.3) is 0 Å². The van der Waals surface area contributed by atoms with Gasteiger partial charge in [-0.1, -0.05) is 20.8 Å². The van der Waals surface area contributed by atoms with Gasteiger partial charge < -0.3 is 5.73 Å². The quantitative estimate of drug-likeness (QED) is 0.697. The van der Waals surface area contributed by atoms with Crippen LogP contribution in [0.15, 0.2) is 0 Å². The third-order valence-corrected chi connectivity index (χ3v) is 4.81. The number of hydrogen-bond donors (Lipinski definition) is 1. The molecule has 0 unspecified atom stereocenters. The van der Waals surface area contributed by atoms with E-state index >= 15 is 0 Å². The summed E-state index contributed by atoms with van der Waals surface area (Å²) in [6.45, 7) is 6.90. The van der Waals surface area contributed by atoms with E-state index in [4.69, 9.17) is 5.73 Å². The molecule has 2 aliphatic carbocycles. The SMILES string of the molecule is CC1(C)[C@H]2CC[C@]1(C)c1nnc(N)nc12. The lowest BCUT2D eigenvalue weighted by atomic mass is 9.70. The fraction of sp³-hybridized carbons (Fsp3) is 0.727. The fourth-order valence-corrected chi connectivity index (χ4v) is 3.39. The van der Waals surface area contributed by atoms with Crippen LogP contribution in [0.1, 0.15) is 50.9 Å². The van der Waals surface area contributed by atoms with Gasteiger partial charge in [-0.25, -0.2) is 4.98 Å². The Morgan fingerprint density at radius 2 is 2.00 bits per heavy atom. The number of fused-ring (bicyclic) bond motifs is 5. The Balaban J connectivity index is 2.29. The van der Waals surface area contributed by atoms with Crippen molar-refractivity contribution in [1.29, 1.82) is 0 Å². The minimum absolute atomic E-state index is 0.140. The summed E-state index contributed by atoms with van der Waals surface area (Å²) in [6.07, 6.45) is 2.40. The summed E-state index contributed by atoms with van der Waals surface area (Å²) in [5, 5.41) is 8.17. The zero-order chi connectivity index (χ0) is 10.8. The monoisotopic (exact) mass is 204 g/mol. The highest BCUT2D eigenvalue weighted by atomic mass is 15.2. The molecule has 4 heteroatoms. The second-order valence-electron chi connectivity index (χ2n) is 5.55. The van der Waals surface area contributed by atoms with Gasteiger partial charge in [-0.15, -0.1) is 10.2 Å². The molecule has 1 saturated carbocycles. The molecule has 15 heavy (non-hydrogen) atoms. The molecule has 2 aliphatic rings. The standard InChI is InChI=1S/C11H16N4/c1-10(2)6-4-5-11(10,3)8-7(6)13-9(12)15-14-8/h6H,4-5H2,1-3H3,(H2,12,13,15)/t6-,11+/m0/s1. The molecule has 0 radical (unpaired) electrons. The Hall–Kier alpha value is -1.19. The summed E-state index contributed by atoms with van der Waals surface area (Å²) in [5.41, 5.74) is 8.17. The van der Waals surface area contributed by atoms with Gasteiger partial charge in [-0.2, -0.15) is 0 Å². The molecule has 1 fully saturated rings. The molecule has 0 amide bonds. The van der Waals surface area contributed by atoms with Gasteiger partial charge in [0.15, 0.2) is 0 Å². The van der Waals surface area contributed by atoms with Crippen molar-refractivity contribution in [2.45, 2.75) is 44.9 Å². The summed E-state index contributed by atoms with van der Waals surface area (Å²) >= 11 is 0. The van der Waals surface area contributed by atoms with E-state index in [0.717, 1.165) is 11.4 Å². The second-order valence-corrected chi connectivity index (χ2v) is 5.55. The molecule has 0 aromatic carbocycles. The summed E-state index contributed by atoms with van der Waals surface area (Å²) in [5.74, 6) is 0.816. The number of nitrogens with zero attached hydrogens (tertiary/aromatic N) is 3. The summed E-state index contributed by atoms with van der Waals surface area (Å²) < 4.78 is 0. The topological polar surface area (TPSA) is 64.7 Å². The van der Waals surface area contributed by atoms with Crippen LogP contribution in [0.4, 0.5) is 5.95 Å². The molecule has 2 bridgehead atoms. The van der Waals surface area contributed by atoms with E-state index in [1.807, 2.05) is 0 Å². The van der Waals surface area contributed by atoms with Crippen molar-refractivity contribution >= 4 is 5.95 Å². The van der Waals surface area contributed by atoms with Crippen molar-refractivity contribution in [2.24, 2.45) is 5.41 Å². The van der Waals surface area contributed by atoms with Crippen molar-refractivity contribution in [3.05, 3.63) is 11.4 Å². The van der Waals surface area contributed by atoms with Gasteiger partial charge in [0.25, 0.3) is 0 Å². The Kier molecular flexibility index (Phi) is 1.40. The summed E-state index contributed by atoms with van der Waals surface area (Å²) in [6, 6.07) is 0. The molecule has 1 heterocycles. The van der Waals surface area contributed by atoms with Crippen LogP contribution in [0.2, 0.25) is 0 Å². The molecule has 2 N–H and O–H groups in total. The lowest BCUT2D eigenvalue weighted by molar-refractivity contribution is 0.226. The zero-order valence-corrected chi connectivity index (χ0v) is 9.41. The van der Waals surface area contributed by atoms with Gasteiger partial charge in [-0.3, -0.25) is 0 Å². The largest absolute Gasteiger partial charge is 0.366 e. The molecule has 3 rings (SSSR count). The molecule has 0 saturated heterocycles. The first-order chi connectivity index (χ1) is 6.97. The lowest BCUT2D eigenvalue weighted by Gasteiger charge is -2.33. The number of rotatable bonds is 0. The predicted molar refractivity (Wildman–Crippen MR) is 57.3 cm³/mol. The summed E-state index contributed by atoms with van der Waals surface area (Å²) in [7, 11) is 0. The van der Waals surface area contributed by atoms with Crippen molar-refractivity contribution in [2.75, 3.05) is 5.73 Å². The Morgan fingerprint density at radius 3 is 2.73 bits per heavy atom. The summed E-state index contributed by atoms with van der Waals surface area (Å²) in [4.78, 5) is 4.38. The number of nitrogen functional groups attached to an aromatic ring is 1.